The molecule has 0 saturated carbocycles. The molecule has 0 saturated heterocycles. The Balaban J connectivity index is 2.34. The zero-order chi connectivity index (χ0) is 12.1. The van der Waals surface area contributed by atoms with Crippen molar-refractivity contribution in [3.63, 3.8) is 0 Å². The second kappa shape index (κ2) is 5.57. The fraction of sp³-hybridized carbons (Fsp3) is 0.444. The van der Waals surface area contributed by atoms with E-state index in [4.69, 9.17) is 5.11 Å². The molecule has 7 heteroatoms. The van der Waals surface area contributed by atoms with Crippen LogP contribution in [0.1, 0.15) is 12.6 Å². The predicted molar refractivity (Wildman–Crippen MR) is 60.6 cm³/mol. The van der Waals surface area contributed by atoms with Gasteiger partial charge >= 0.3 is 5.97 Å². The molecule has 1 atom stereocenters. The highest BCUT2D eigenvalue weighted by atomic mass is 32.1. The van der Waals surface area contributed by atoms with Crippen molar-refractivity contribution < 1.29 is 14.7 Å². The number of carboxylic acids is 1. The molecule has 0 spiro atoms. The third-order valence-electron chi connectivity index (χ3n) is 1.80. The molecule has 0 aliphatic rings. The summed E-state index contributed by atoms with van der Waals surface area (Å²) < 4.78 is 0. The van der Waals surface area contributed by atoms with Gasteiger partial charge in [0.25, 0.3) is 0 Å². The maximum absolute atomic E-state index is 11.3. The smallest absolute Gasteiger partial charge is 0.320 e. The number of aryl methyl sites for hydroxylation is 1. The Kier molecular flexibility index (Phi) is 4.39. The summed E-state index contributed by atoms with van der Waals surface area (Å²) in [5.41, 5.74) is 0.840. The van der Waals surface area contributed by atoms with Gasteiger partial charge in [0.15, 0.2) is 5.13 Å². The Labute approximate surface area is 96.7 Å². The summed E-state index contributed by atoms with van der Waals surface area (Å²) >= 11 is 1.33. The van der Waals surface area contributed by atoms with Crippen LogP contribution in [0.25, 0.3) is 0 Å². The standard InChI is InChI=1S/C9H13N3O3S/c1-5-4-16-9(11-5)12-7(13)3-10-6(2)8(14)15/h4,6,10H,3H2,1-2H3,(H,14,15)(H,11,12,13)/t6-/m0/s1. The van der Waals surface area contributed by atoms with Crippen LogP contribution in [0, 0.1) is 6.92 Å². The van der Waals surface area contributed by atoms with Crippen molar-refractivity contribution >= 4 is 28.3 Å². The average Bonchev–Trinajstić information content (AvgIpc) is 2.60. The normalized spacial score (nSPS) is 12.1. The van der Waals surface area contributed by atoms with Crippen LogP contribution in [-0.2, 0) is 9.59 Å². The molecule has 6 nitrogen and oxygen atoms in total. The van der Waals surface area contributed by atoms with E-state index in [1.165, 1.54) is 18.3 Å². The van der Waals surface area contributed by atoms with Gasteiger partial charge in [-0.15, -0.1) is 11.3 Å². The van der Waals surface area contributed by atoms with E-state index < -0.39 is 12.0 Å². The summed E-state index contributed by atoms with van der Waals surface area (Å²) in [6, 6.07) is -0.746. The van der Waals surface area contributed by atoms with E-state index in [2.05, 4.69) is 15.6 Å². The lowest BCUT2D eigenvalue weighted by Crippen LogP contribution is -2.39. The van der Waals surface area contributed by atoms with Crippen LogP contribution < -0.4 is 10.6 Å². The maximum atomic E-state index is 11.3. The monoisotopic (exact) mass is 243 g/mol. The minimum atomic E-state index is -0.988. The zero-order valence-electron chi connectivity index (χ0n) is 8.98. The van der Waals surface area contributed by atoms with E-state index >= 15 is 0 Å². The van der Waals surface area contributed by atoms with E-state index in [9.17, 15) is 9.59 Å². The quantitative estimate of drug-likeness (QED) is 0.698. The molecular formula is C9H13N3O3S. The lowest BCUT2D eigenvalue weighted by Gasteiger charge is -2.07. The molecule has 1 aromatic rings. The Hall–Kier alpha value is -1.47. The van der Waals surface area contributed by atoms with E-state index in [1.54, 1.807) is 0 Å². The number of amides is 1. The third kappa shape index (κ3) is 3.95. The van der Waals surface area contributed by atoms with Crippen molar-refractivity contribution in [3.05, 3.63) is 11.1 Å². The molecule has 0 aromatic carbocycles. The van der Waals surface area contributed by atoms with Crippen molar-refractivity contribution in [2.45, 2.75) is 19.9 Å². The first-order chi connectivity index (χ1) is 7.49. The molecule has 1 heterocycles. The second-order valence-corrected chi connectivity index (χ2v) is 4.14. The van der Waals surface area contributed by atoms with Crippen LogP contribution in [0.15, 0.2) is 5.38 Å². The van der Waals surface area contributed by atoms with Gasteiger partial charge in [-0.25, -0.2) is 4.98 Å². The Morgan fingerprint density at radius 1 is 1.62 bits per heavy atom. The predicted octanol–water partition coefficient (Wildman–Crippen LogP) is 0.453. The highest BCUT2D eigenvalue weighted by Gasteiger charge is 2.12. The highest BCUT2D eigenvalue weighted by Crippen LogP contribution is 2.13. The number of hydrogen-bond acceptors (Lipinski definition) is 5. The average molecular weight is 243 g/mol. The molecule has 0 fully saturated rings. The first-order valence-electron chi connectivity index (χ1n) is 4.67. The topological polar surface area (TPSA) is 91.3 Å². The lowest BCUT2D eigenvalue weighted by atomic mass is 10.3. The van der Waals surface area contributed by atoms with Crippen molar-refractivity contribution in [1.29, 1.82) is 0 Å². The molecule has 16 heavy (non-hydrogen) atoms. The van der Waals surface area contributed by atoms with Crippen LogP contribution in [0.2, 0.25) is 0 Å². The van der Waals surface area contributed by atoms with E-state index in [1.807, 2.05) is 12.3 Å². The SMILES string of the molecule is Cc1csc(NC(=O)CN[C@@H](C)C(=O)O)n1. The molecule has 1 amide bonds. The highest BCUT2D eigenvalue weighted by molar-refractivity contribution is 7.13. The first-order valence-corrected chi connectivity index (χ1v) is 5.55. The minimum Gasteiger partial charge on any atom is -0.480 e. The molecule has 0 aliphatic carbocycles. The Bertz CT molecular complexity index is 391. The van der Waals surface area contributed by atoms with Crippen LogP contribution in [0.3, 0.4) is 0 Å². The summed E-state index contributed by atoms with van der Waals surface area (Å²) in [6.45, 7) is 3.26. The molecule has 0 aliphatic heterocycles. The number of aromatic nitrogens is 1. The molecule has 1 rings (SSSR count). The molecular weight excluding hydrogens is 230 g/mol. The number of carbonyl (C=O) groups excluding carboxylic acids is 1. The van der Waals surface area contributed by atoms with Crippen molar-refractivity contribution in [1.82, 2.24) is 10.3 Å². The Morgan fingerprint density at radius 2 is 2.31 bits per heavy atom. The van der Waals surface area contributed by atoms with Gasteiger partial charge in [0, 0.05) is 5.38 Å². The van der Waals surface area contributed by atoms with Crippen molar-refractivity contribution in [2.75, 3.05) is 11.9 Å². The summed E-state index contributed by atoms with van der Waals surface area (Å²) in [4.78, 5) is 25.9. The molecule has 3 N–H and O–H groups in total. The van der Waals surface area contributed by atoms with Gasteiger partial charge in [-0.05, 0) is 13.8 Å². The molecule has 0 bridgehead atoms. The first kappa shape index (κ1) is 12.6. The molecule has 1 aromatic heterocycles. The zero-order valence-corrected chi connectivity index (χ0v) is 9.80. The van der Waals surface area contributed by atoms with Gasteiger partial charge in [0.2, 0.25) is 5.91 Å². The van der Waals surface area contributed by atoms with E-state index in [0.29, 0.717) is 5.13 Å². The van der Waals surface area contributed by atoms with Gasteiger partial charge in [-0.2, -0.15) is 0 Å². The van der Waals surface area contributed by atoms with Crippen molar-refractivity contribution in [3.8, 4) is 0 Å². The van der Waals surface area contributed by atoms with Gasteiger partial charge < -0.3 is 10.4 Å². The third-order valence-corrected chi connectivity index (χ3v) is 2.68. The number of thiazole rings is 1. The minimum absolute atomic E-state index is 0.0495. The number of aliphatic carboxylic acids is 1. The van der Waals surface area contributed by atoms with Crippen molar-refractivity contribution in [2.24, 2.45) is 0 Å². The fourth-order valence-corrected chi connectivity index (χ4v) is 1.61. The summed E-state index contributed by atoms with van der Waals surface area (Å²) in [6.07, 6.45) is 0. The Morgan fingerprint density at radius 3 is 2.81 bits per heavy atom. The van der Waals surface area contributed by atoms with Crippen LogP contribution in [0.5, 0.6) is 0 Å². The number of rotatable bonds is 5. The number of carbonyl (C=O) groups is 2. The maximum Gasteiger partial charge on any atom is 0.320 e. The number of nitrogens with zero attached hydrogens (tertiary/aromatic N) is 1. The lowest BCUT2D eigenvalue weighted by molar-refractivity contribution is -0.139. The number of anilines is 1. The fourth-order valence-electron chi connectivity index (χ4n) is 0.908. The molecule has 88 valence electrons. The van der Waals surface area contributed by atoms with Gasteiger partial charge in [0.1, 0.15) is 6.04 Å². The number of nitrogens with one attached hydrogen (secondary N) is 2. The summed E-state index contributed by atoms with van der Waals surface area (Å²) in [5, 5.41) is 16.1. The summed E-state index contributed by atoms with van der Waals surface area (Å²) in [5.74, 6) is -1.29. The largest absolute Gasteiger partial charge is 0.480 e. The van der Waals surface area contributed by atoms with Crippen LogP contribution in [-0.4, -0.2) is 34.6 Å². The van der Waals surface area contributed by atoms with Gasteiger partial charge in [-0.3, -0.25) is 14.9 Å². The van der Waals surface area contributed by atoms with E-state index in [-0.39, 0.29) is 12.5 Å². The second-order valence-electron chi connectivity index (χ2n) is 3.28. The number of carboxylic acid groups (broad SMARTS) is 1. The van der Waals surface area contributed by atoms with Crippen LogP contribution in [0.4, 0.5) is 5.13 Å². The van der Waals surface area contributed by atoms with Gasteiger partial charge in [0.05, 0.1) is 12.2 Å². The van der Waals surface area contributed by atoms with Gasteiger partial charge in [-0.1, -0.05) is 0 Å². The van der Waals surface area contributed by atoms with Crippen LogP contribution >= 0.6 is 11.3 Å². The molecule has 0 radical (unpaired) electrons. The summed E-state index contributed by atoms with van der Waals surface area (Å²) in [7, 11) is 0. The molecule has 0 unspecified atom stereocenters. The van der Waals surface area contributed by atoms with E-state index in [0.717, 1.165) is 5.69 Å². The number of hydrogen-bond donors (Lipinski definition) is 3.